The van der Waals surface area contributed by atoms with Gasteiger partial charge < -0.3 is 14.7 Å². The predicted molar refractivity (Wildman–Crippen MR) is 62.9 cm³/mol. The molecule has 2 heterocycles. The standard InChI is InChI=1S/C10H17N3O2S/c1-8-11-9(16-12-8)13(2)7-10(14)3-5-15-6-4-10/h14H,3-7H2,1-2H3. The zero-order valence-corrected chi connectivity index (χ0v) is 10.5. The van der Waals surface area contributed by atoms with E-state index in [1.165, 1.54) is 11.5 Å². The third kappa shape index (κ3) is 2.69. The Morgan fingerprint density at radius 3 is 2.75 bits per heavy atom. The summed E-state index contributed by atoms with van der Waals surface area (Å²) in [6, 6.07) is 0. The zero-order chi connectivity index (χ0) is 11.6. The molecule has 1 aromatic heterocycles. The van der Waals surface area contributed by atoms with Crippen molar-refractivity contribution in [3.05, 3.63) is 5.82 Å². The third-order valence-electron chi connectivity index (χ3n) is 2.80. The second-order valence-electron chi connectivity index (χ2n) is 4.32. The van der Waals surface area contributed by atoms with Gasteiger partial charge in [0.15, 0.2) is 0 Å². The summed E-state index contributed by atoms with van der Waals surface area (Å²) in [6.45, 7) is 3.74. The molecule has 0 bridgehead atoms. The summed E-state index contributed by atoms with van der Waals surface area (Å²) in [6.07, 6.45) is 1.38. The van der Waals surface area contributed by atoms with Crippen molar-refractivity contribution in [2.45, 2.75) is 25.4 Å². The van der Waals surface area contributed by atoms with Gasteiger partial charge in [-0.15, -0.1) is 0 Å². The molecule has 5 nitrogen and oxygen atoms in total. The van der Waals surface area contributed by atoms with Crippen LogP contribution in [0.3, 0.4) is 0 Å². The maximum Gasteiger partial charge on any atom is 0.205 e. The Labute approximate surface area is 99.2 Å². The average molecular weight is 243 g/mol. The monoisotopic (exact) mass is 243 g/mol. The summed E-state index contributed by atoms with van der Waals surface area (Å²) in [5.74, 6) is 0.783. The summed E-state index contributed by atoms with van der Waals surface area (Å²) < 4.78 is 9.39. The van der Waals surface area contributed by atoms with E-state index in [1.54, 1.807) is 0 Å². The number of ether oxygens (including phenoxy) is 1. The fraction of sp³-hybridized carbons (Fsp3) is 0.800. The van der Waals surface area contributed by atoms with Crippen LogP contribution in [0.15, 0.2) is 0 Å². The van der Waals surface area contributed by atoms with Crippen molar-refractivity contribution in [3.8, 4) is 0 Å². The van der Waals surface area contributed by atoms with Gasteiger partial charge in [-0.2, -0.15) is 4.37 Å². The van der Waals surface area contributed by atoms with Gasteiger partial charge in [-0.3, -0.25) is 0 Å². The first-order valence-electron chi connectivity index (χ1n) is 5.41. The van der Waals surface area contributed by atoms with Crippen LogP contribution < -0.4 is 4.90 Å². The van der Waals surface area contributed by atoms with E-state index < -0.39 is 5.60 Å². The van der Waals surface area contributed by atoms with Crippen molar-refractivity contribution in [3.63, 3.8) is 0 Å². The highest BCUT2D eigenvalue weighted by atomic mass is 32.1. The molecule has 1 aliphatic heterocycles. The summed E-state index contributed by atoms with van der Waals surface area (Å²) in [7, 11) is 1.94. The topological polar surface area (TPSA) is 58.5 Å². The maximum atomic E-state index is 10.3. The lowest BCUT2D eigenvalue weighted by atomic mass is 9.94. The Hall–Kier alpha value is -0.720. The summed E-state index contributed by atoms with van der Waals surface area (Å²) in [4.78, 5) is 6.27. The van der Waals surface area contributed by atoms with E-state index in [4.69, 9.17) is 4.74 Å². The number of aryl methyl sites for hydroxylation is 1. The smallest absolute Gasteiger partial charge is 0.205 e. The van der Waals surface area contributed by atoms with Crippen molar-refractivity contribution in [2.75, 3.05) is 31.7 Å². The van der Waals surface area contributed by atoms with E-state index in [1.807, 2.05) is 18.9 Å². The Kier molecular flexibility index (Phi) is 3.41. The van der Waals surface area contributed by atoms with E-state index in [9.17, 15) is 5.11 Å². The first-order chi connectivity index (χ1) is 7.59. The van der Waals surface area contributed by atoms with Crippen molar-refractivity contribution in [1.29, 1.82) is 0 Å². The first kappa shape index (κ1) is 11.8. The minimum atomic E-state index is -0.646. The Morgan fingerprint density at radius 1 is 1.50 bits per heavy atom. The van der Waals surface area contributed by atoms with Crippen molar-refractivity contribution < 1.29 is 9.84 Å². The van der Waals surface area contributed by atoms with Gasteiger partial charge in [0.1, 0.15) is 5.82 Å². The van der Waals surface area contributed by atoms with E-state index in [-0.39, 0.29) is 0 Å². The molecule has 0 aromatic carbocycles. The highest BCUT2D eigenvalue weighted by molar-refractivity contribution is 7.09. The van der Waals surface area contributed by atoms with Crippen molar-refractivity contribution >= 4 is 16.7 Å². The molecule has 0 unspecified atom stereocenters. The molecule has 0 saturated carbocycles. The lowest BCUT2D eigenvalue weighted by molar-refractivity contribution is -0.0572. The SMILES string of the molecule is Cc1nsc(N(C)CC2(O)CCOCC2)n1. The van der Waals surface area contributed by atoms with Gasteiger partial charge in [0, 0.05) is 51.2 Å². The van der Waals surface area contributed by atoms with Crippen LogP contribution in [-0.4, -0.2) is 46.9 Å². The Morgan fingerprint density at radius 2 is 2.19 bits per heavy atom. The van der Waals surface area contributed by atoms with Crippen LogP contribution in [0.2, 0.25) is 0 Å². The molecule has 1 N–H and O–H groups in total. The number of anilines is 1. The molecule has 1 aromatic rings. The van der Waals surface area contributed by atoms with E-state index in [0.29, 0.717) is 32.6 Å². The highest BCUT2D eigenvalue weighted by Gasteiger charge is 2.31. The van der Waals surface area contributed by atoms with Gasteiger partial charge in [-0.05, 0) is 6.92 Å². The number of aromatic nitrogens is 2. The molecular weight excluding hydrogens is 226 g/mol. The molecule has 0 amide bonds. The highest BCUT2D eigenvalue weighted by Crippen LogP contribution is 2.24. The van der Waals surface area contributed by atoms with E-state index in [0.717, 1.165) is 11.0 Å². The van der Waals surface area contributed by atoms with Gasteiger partial charge in [0.2, 0.25) is 5.13 Å². The lowest BCUT2D eigenvalue weighted by Crippen LogP contribution is -2.45. The lowest BCUT2D eigenvalue weighted by Gasteiger charge is -2.35. The largest absolute Gasteiger partial charge is 0.388 e. The van der Waals surface area contributed by atoms with Crippen LogP contribution in [0.4, 0.5) is 5.13 Å². The molecule has 0 spiro atoms. The molecule has 1 saturated heterocycles. The molecule has 16 heavy (non-hydrogen) atoms. The fourth-order valence-corrected chi connectivity index (χ4v) is 2.49. The maximum absolute atomic E-state index is 10.3. The van der Waals surface area contributed by atoms with Crippen LogP contribution in [-0.2, 0) is 4.74 Å². The molecule has 1 aliphatic rings. The Balaban J connectivity index is 1.98. The Bertz CT molecular complexity index is 350. The van der Waals surface area contributed by atoms with Crippen molar-refractivity contribution in [2.24, 2.45) is 0 Å². The molecule has 6 heteroatoms. The number of aliphatic hydroxyl groups is 1. The van der Waals surface area contributed by atoms with Crippen molar-refractivity contribution in [1.82, 2.24) is 9.36 Å². The van der Waals surface area contributed by atoms with Gasteiger partial charge in [-0.25, -0.2) is 4.98 Å². The molecule has 0 aliphatic carbocycles. The van der Waals surface area contributed by atoms with E-state index in [2.05, 4.69) is 9.36 Å². The number of hydrogen-bond donors (Lipinski definition) is 1. The molecule has 1 fully saturated rings. The summed E-state index contributed by atoms with van der Waals surface area (Å²) in [5.41, 5.74) is -0.646. The van der Waals surface area contributed by atoms with Gasteiger partial charge in [0.25, 0.3) is 0 Å². The number of likely N-dealkylation sites (N-methyl/N-ethyl adjacent to an activating group) is 1. The molecule has 90 valence electrons. The minimum absolute atomic E-state index is 0.588. The van der Waals surface area contributed by atoms with Crippen LogP contribution in [0.1, 0.15) is 18.7 Å². The van der Waals surface area contributed by atoms with Crippen LogP contribution >= 0.6 is 11.5 Å². The summed E-state index contributed by atoms with van der Waals surface area (Å²) >= 11 is 1.37. The normalized spacial score (nSPS) is 19.7. The number of hydrogen-bond acceptors (Lipinski definition) is 6. The predicted octanol–water partition coefficient (Wildman–Crippen LogP) is 0.824. The second kappa shape index (κ2) is 4.65. The molecule has 0 atom stereocenters. The molecular formula is C10H17N3O2S. The van der Waals surface area contributed by atoms with Gasteiger partial charge in [-0.1, -0.05) is 0 Å². The third-order valence-corrected chi connectivity index (χ3v) is 3.72. The number of rotatable bonds is 3. The zero-order valence-electron chi connectivity index (χ0n) is 9.64. The quantitative estimate of drug-likeness (QED) is 0.852. The van der Waals surface area contributed by atoms with Crippen LogP contribution in [0.5, 0.6) is 0 Å². The first-order valence-corrected chi connectivity index (χ1v) is 6.18. The second-order valence-corrected chi connectivity index (χ2v) is 5.05. The molecule has 0 radical (unpaired) electrons. The van der Waals surface area contributed by atoms with E-state index >= 15 is 0 Å². The van der Waals surface area contributed by atoms with Gasteiger partial charge in [0.05, 0.1) is 5.60 Å². The van der Waals surface area contributed by atoms with Crippen LogP contribution in [0, 0.1) is 6.92 Å². The summed E-state index contributed by atoms with van der Waals surface area (Å²) in [5, 5.41) is 11.2. The van der Waals surface area contributed by atoms with Gasteiger partial charge >= 0.3 is 0 Å². The van der Waals surface area contributed by atoms with Crippen LogP contribution in [0.25, 0.3) is 0 Å². The fourth-order valence-electron chi connectivity index (χ4n) is 1.86. The average Bonchev–Trinajstić information content (AvgIpc) is 2.65. The minimum Gasteiger partial charge on any atom is -0.388 e. The number of nitrogens with zero attached hydrogens (tertiary/aromatic N) is 3. The molecule has 2 rings (SSSR count).